The van der Waals surface area contributed by atoms with Crippen LogP contribution in [0.2, 0.25) is 5.02 Å². The monoisotopic (exact) mass is 395 g/mol. The molecule has 28 heavy (non-hydrogen) atoms. The van der Waals surface area contributed by atoms with Crippen molar-refractivity contribution in [2.45, 2.75) is 38.5 Å². The smallest absolute Gasteiger partial charge is 0.257 e. The summed E-state index contributed by atoms with van der Waals surface area (Å²) >= 11 is 6.03. The minimum absolute atomic E-state index is 0.0797. The van der Waals surface area contributed by atoms with E-state index in [0.29, 0.717) is 29.7 Å². The lowest BCUT2D eigenvalue weighted by atomic mass is 10.1. The number of rotatable bonds is 6. The average Bonchev–Trinajstić information content (AvgIpc) is 3.34. The van der Waals surface area contributed by atoms with E-state index in [1.807, 2.05) is 29.2 Å². The molecule has 4 rings (SSSR count). The van der Waals surface area contributed by atoms with E-state index >= 15 is 0 Å². The molecule has 6 heteroatoms. The summed E-state index contributed by atoms with van der Waals surface area (Å²) in [6, 6.07) is 15.6. The largest absolute Gasteiger partial charge is 0.334 e. The number of aryl methyl sites for hydroxylation is 1. The first-order valence-electron chi connectivity index (χ1n) is 9.63. The normalized spacial score (nSPS) is 16.7. The molecule has 1 aromatic heterocycles. The number of unbranched alkanes of at least 4 members (excludes halogenated alkanes) is 1. The number of hydrogen-bond acceptors (Lipinski definition) is 4. The van der Waals surface area contributed by atoms with Gasteiger partial charge in [-0.1, -0.05) is 48.3 Å². The van der Waals surface area contributed by atoms with Gasteiger partial charge in [0.15, 0.2) is 5.82 Å². The maximum absolute atomic E-state index is 12.6. The zero-order chi connectivity index (χ0) is 19.5. The van der Waals surface area contributed by atoms with Gasteiger partial charge >= 0.3 is 0 Å². The SMILES string of the molecule is CCCCc1ccc(N2CC(c3noc(-c4cccc(Cl)c4)n3)CC2=O)cc1. The van der Waals surface area contributed by atoms with E-state index in [1.165, 1.54) is 18.4 Å². The molecule has 144 valence electrons. The number of halogens is 1. The first-order chi connectivity index (χ1) is 13.6. The standard InChI is InChI=1S/C22H22ClN3O2/c1-2-3-5-15-8-10-19(11-9-15)26-14-17(13-20(26)27)21-24-22(28-25-21)16-6-4-7-18(23)12-16/h4,6-12,17H,2-3,5,13-14H2,1H3. The molecule has 1 unspecified atom stereocenters. The number of hydrogen-bond donors (Lipinski definition) is 0. The minimum Gasteiger partial charge on any atom is -0.334 e. The molecule has 1 amide bonds. The van der Waals surface area contributed by atoms with Crippen molar-refractivity contribution in [2.24, 2.45) is 0 Å². The number of carbonyl (C=O) groups excluding carboxylic acids is 1. The molecule has 2 aromatic carbocycles. The Morgan fingerprint density at radius 1 is 1.21 bits per heavy atom. The van der Waals surface area contributed by atoms with E-state index in [0.717, 1.165) is 17.7 Å². The van der Waals surface area contributed by atoms with Gasteiger partial charge in [-0.25, -0.2) is 0 Å². The van der Waals surface area contributed by atoms with Crippen LogP contribution in [0, 0.1) is 0 Å². The summed E-state index contributed by atoms with van der Waals surface area (Å²) in [6.07, 6.45) is 3.81. The van der Waals surface area contributed by atoms with Gasteiger partial charge in [-0.3, -0.25) is 4.79 Å². The van der Waals surface area contributed by atoms with Gasteiger partial charge in [-0.15, -0.1) is 0 Å². The molecule has 0 spiro atoms. The van der Waals surface area contributed by atoms with E-state index in [4.69, 9.17) is 16.1 Å². The average molecular weight is 396 g/mol. The Balaban J connectivity index is 1.48. The van der Waals surface area contributed by atoms with Gasteiger partial charge in [0.2, 0.25) is 5.91 Å². The maximum Gasteiger partial charge on any atom is 0.257 e. The number of benzene rings is 2. The zero-order valence-electron chi connectivity index (χ0n) is 15.8. The van der Waals surface area contributed by atoms with Crippen LogP contribution in [0.1, 0.15) is 43.5 Å². The number of nitrogens with zero attached hydrogens (tertiary/aromatic N) is 3. The highest BCUT2D eigenvalue weighted by Gasteiger charge is 2.34. The van der Waals surface area contributed by atoms with Gasteiger partial charge in [-0.2, -0.15) is 4.98 Å². The van der Waals surface area contributed by atoms with Crippen molar-refractivity contribution in [1.29, 1.82) is 0 Å². The molecule has 0 aliphatic carbocycles. The number of aromatic nitrogens is 2. The van der Waals surface area contributed by atoms with Gasteiger partial charge in [0.25, 0.3) is 5.89 Å². The summed E-state index contributed by atoms with van der Waals surface area (Å²) in [5.74, 6) is 0.985. The topological polar surface area (TPSA) is 59.2 Å². The lowest BCUT2D eigenvalue weighted by Crippen LogP contribution is -2.24. The summed E-state index contributed by atoms with van der Waals surface area (Å²) in [5.41, 5.74) is 3.00. The fraction of sp³-hybridized carbons (Fsp3) is 0.318. The Bertz CT molecular complexity index is 968. The third kappa shape index (κ3) is 3.94. The van der Waals surface area contributed by atoms with Gasteiger partial charge in [0, 0.05) is 35.2 Å². The van der Waals surface area contributed by atoms with Crippen molar-refractivity contribution in [1.82, 2.24) is 10.1 Å². The summed E-state index contributed by atoms with van der Waals surface area (Å²) < 4.78 is 5.40. The maximum atomic E-state index is 12.6. The van der Waals surface area contributed by atoms with E-state index in [9.17, 15) is 4.79 Å². The predicted molar refractivity (Wildman–Crippen MR) is 110 cm³/mol. The molecule has 3 aromatic rings. The molecular weight excluding hydrogens is 374 g/mol. The van der Waals surface area contributed by atoms with Crippen LogP contribution in [0.3, 0.4) is 0 Å². The van der Waals surface area contributed by atoms with Gasteiger partial charge in [0.05, 0.1) is 0 Å². The molecule has 1 fully saturated rings. The summed E-state index contributed by atoms with van der Waals surface area (Å²) in [5, 5.41) is 4.72. The molecule has 1 aliphatic rings. The number of anilines is 1. The lowest BCUT2D eigenvalue weighted by Gasteiger charge is -2.16. The highest BCUT2D eigenvalue weighted by molar-refractivity contribution is 6.30. The van der Waals surface area contributed by atoms with E-state index in [-0.39, 0.29) is 11.8 Å². The number of amides is 1. The third-order valence-electron chi connectivity index (χ3n) is 5.07. The quantitative estimate of drug-likeness (QED) is 0.571. The highest BCUT2D eigenvalue weighted by atomic mass is 35.5. The molecule has 0 radical (unpaired) electrons. The van der Waals surface area contributed by atoms with E-state index in [1.54, 1.807) is 12.1 Å². The molecule has 1 atom stereocenters. The molecule has 2 heterocycles. The Morgan fingerprint density at radius 3 is 2.79 bits per heavy atom. The molecule has 0 N–H and O–H groups in total. The van der Waals surface area contributed by atoms with Gasteiger partial charge in [-0.05, 0) is 48.7 Å². The van der Waals surface area contributed by atoms with Gasteiger partial charge < -0.3 is 9.42 Å². The van der Waals surface area contributed by atoms with Crippen molar-refractivity contribution >= 4 is 23.2 Å². The third-order valence-corrected chi connectivity index (χ3v) is 5.31. The Kier molecular flexibility index (Phi) is 5.44. The minimum atomic E-state index is -0.0797. The molecule has 0 bridgehead atoms. The van der Waals surface area contributed by atoms with E-state index < -0.39 is 0 Å². The summed E-state index contributed by atoms with van der Waals surface area (Å²) in [6.45, 7) is 2.74. The Morgan fingerprint density at radius 2 is 2.04 bits per heavy atom. The Hall–Kier alpha value is -2.66. The van der Waals surface area contributed by atoms with Crippen molar-refractivity contribution in [3.63, 3.8) is 0 Å². The van der Waals surface area contributed by atoms with Crippen molar-refractivity contribution in [2.75, 3.05) is 11.4 Å². The van der Waals surface area contributed by atoms with Crippen molar-refractivity contribution < 1.29 is 9.32 Å². The van der Waals surface area contributed by atoms with Crippen LogP contribution in [0.15, 0.2) is 53.1 Å². The second kappa shape index (κ2) is 8.15. The fourth-order valence-electron chi connectivity index (χ4n) is 3.49. The van der Waals surface area contributed by atoms with Crippen LogP contribution in [-0.4, -0.2) is 22.6 Å². The number of carbonyl (C=O) groups is 1. The highest BCUT2D eigenvalue weighted by Crippen LogP contribution is 2.32. The second-order valence-corrected chi connectivity index (χ2v) is 7.58. The lowest BCUT2D eigenvalue weighted by molar-refractivity contribution is -0.117. The van der Waals surface area contributed by atoms with Crippen LogP contribution >= 0.6 is 11.6 Å². The zero-order valence-corrected chi connectivity index (χ0v) is 16.5. The van der Waals surface area contributed by atoms with Crippen LogP contribution in [0.5, 0.6) is 0 Å². The van der Waals surface area contributed by atoms with Crippen LogP contribution in [0.25, 0.3) is 11.5 Å². The van der Waals surface area contributed by atoms with Crippen LogP contribution < -0.4 is 4.90 Å². The van der Waals surface area contributed by atoms with Crippen LogP contribution in [0.4, 0.5) is 5.69 Å². The summed E-state index contributed by atoms with van der Waals surface area (Å²) in [4.78, 5) is 18.9. The Labute approximate surface area is 169 Å². The first-order valence-corrected chi connectivity index (χ1v) is 10.0. The molecule has 1 saturated heterocycles. The molecule has 0 saturated carbocycles. The fourth-order valence-corrected chi connectivity index (χ4v) is 3.68. The van der Waals surface area contributed by atoms with Crippen molar-refractivity contribution in [3.8, 4) is 11.5 Å². The predicted octanol–water partition coefficient (Wildman–Crippen LogP) is 5.25. The first kappa shape index (κ1) is 18.7. The second-order valence-electron chi connectivity index (χ2n) is 7.14. The molecule has 5 nitrogen and oxygen atoms in total. The van der Waals surface area contributed by atoms with E-state index in [2.05, 4.69) is 29.2 Å². The summed E-state index contributed by atoms with van der Waals surface area (Å²) in [7, 11) is 0. The van der Waals surface area contributed by atoms with Gasteiger partial charge in [0.1, 0.15) is 0 Å². The van der Waals surface area contributed by atoms with Crippen LogP contribution in [-0.2, 0) is 11.2 Å². The van der Waals surface area contributed by atoms with Crippen molar-refractivity contribution in [3.05, 3.63) is 64.9 Å². The molecular formula is C22H22ClN3O2. The molecule has 1 aliphatic heterocycles.